The first kappa shape index (κ1) is 16.3. The predicted octanol–water partition coefficient (Wildman–Crippen LogP) is 3.13. The summed E-state index contributed by atoms with van der Waals surface area (Å²) in [5.74, 6) is -5.88. The molecule has 2 N–H and O–H groups in total. The monoisotopic (exact) mass is 346 g/mol. The lowest BCUT2D eigenvalue weighted by Gasteiger charge is -2.45. The molecule has 1 fully saturated rings. The molecule has 1 aromatic carbocycles. The quantitative estimate of drug-likeness (QED) is 0.839. The number of H-pyrrole nitrogens is 1. The Morgan fingerprint density at radius 1 is 1.17 bits per heavy atom. The fourth-order valence-electron chi connectivity index (χ4n) is 2.75. The Morgan fingerprint density at radius 3 is 2.29 bits per heavy atom. The van der Waals surface area contributed by atoms with Crippen molar-refractivity contribution in [1.29, 1.82) is 0 Å². The van der Waals surface area contributed by atoms with E-state index in [1.807, 2.05) is 0 Å². The van der Waals surface area contributed by atoms with Crippen molar-refractivity contribution < 1.29 is 26.7 Å². The average Bonchev–Trinajstić information content (AvgIpc) is 2.93. The average molecular weight is 346 g/mol. The summed E-state index contributed by atoms with van der Waals surface area (Å²) < 4.78 is 64.2. The number of rotatable bonds is 3. The summed E-state index contributed by atoms with van der Waals surface area (Å²) in [4.78, 5) is 15.6. The zero-order valence-electron chi connectivity index (χ0n) is 12.0. The molecule has 1 aliphatic rings. The first-order valence-corrected chi connectivity index (χ1v) is 6.87. The van der Waals surface area contributed by atoms with Gasteiger partial charge in [0.25, 0.3) is 5.92 Å². The first-order valence-electron chi connectivity index (χ1n) is 6.87. The summed E-state index contributed by atoms with van der Waals surface area (Å²) in [6.07, 6.45) is -6.21. The second-order valence-electron chi connectivity index (χ2n) is 5.62. The number of carbonyl (C=O) groups is 1. The minimum atomic E-state index is -4.75. The molecule has 0 bridgehead atoms. The number of carbonyl (C=O) groups excluding carboxylic acids is 1. The largest absolute Gasteiger partial charge is 0.451 e. The molecule has 128 valence electrons. The van der Waals surface area contributed by atoms with Crippen molar-refractivity contribution in [3.8, 4) is 0 Å². The molecule has 0 saturated heterocycles. The van der Waals surface area contributed by atoms with Crippen molar-refractivity contribution in [1.82, 2.24) is 15.2 Å². The minimum Gasteiger partial charge on any atom is -0.292 e. The van der Waals surface area contributed by atoms with Crippen molar-refractivity contribution >= 4 is 11.9 Å². The summed E-state index contributed by atoms with van der Waals surface area (Å²) in [5, 5.41) is 6.98. The number of halogens is 5. The van der Waals surface area contributed by atoms with Gasteiger partial charge >= 0.3 is 6.18 Å². The van der Waals surface area contributed by atoms with Crippen LogP contribution in [0, 0.1) is 0 Å². The summed E-state index contributed by atoms with van der Waals surface area (Å²) in [7, 11) is 0. The molecular formula is C14H11F5N4O. The highest BCUT2D eigenvalue weighted by atomic mass is 19.4. The van der Waals surface area contributed by atoms with Gasteiger partial charge in [-0.25, -0.2) is 8.78 Å². The van der Waals surface area contributed by atoms with Crippen molar-refractivity contribution in [3.63, 3.8) is 0 Å². The third kappa shape index (κ3) is 2.83. The maximum absolute atomic E-state index is 13.4. The SMILES string of the molecule is O=C(Nc1n[nH]c(C(F)(F)F)n1)C1(c2ccccc2)CC(F)(F)C1. The number of hydrogen-bond acceptors (Lipinski definition) is 3. The molecule has 0 unspecified atom stereocenters. The van der Waals surface area contributed by atoms with E-state index in [0.717, 1.165) is 0 Å². The number of nitrogens with one attached hydrogen (secondary N) is 2. The Morgan fingerprint density at radius 2 is 1.79 bits per heavy atom. The van der Waals surface area contributed by atoms with E-state index >= 15 is 0 Å². The third-order valence-electron chi connectivity index (χ3n) is 3.86. The van der Waals surface area contributed by atoms with Gasteiger partial charge in [0.2, 0.25) is 17.7 Å². The van der Waals surface area contributed by atoms with Gasteiger partial charge < -0.3 is 0 Å². The molecule has 0 spiro atoms. The van der Waals surface area contributed by atoms with Crippen molar-refractivity contribution in [2.24, 2.45) is 0 Å². The van der Waals surface area contributed by atoms with Crippen molar-refractivity contribution in [2.45, 2.75) is 30.4 Å². The highest BCUT2D eigenvalue weighted by Crippen LogP contribution is 2.53. The van der Waals surface area contributed by atoms with E-state index < -0.39 is 48.0 Å². The molecule has 0 radical (unpaired) electrons. The lowest BCUT2D eigenvalue weighted by molar-refractivity contribution is -0.154. The number of amides is 1. The molecule has 24 heavy (non-hydrogen) atoms. The molecule has 1 aromatic heterocycles. The molecule has 2 aromatic rings. The number of aromatic nitrogens is 3. The van der Waals surface area contributed by atoms with Crippen LogP contribution in [-0.4, -0.2) is 27.0 Å². The van der Waals surface area contributed by atoms with Crippen molar-refractivity contribution in [2.75, 3.05) is 5.32 Å². The van der Waals surface area contributed by atoms with E-state index in [0.29, 0.717) is 5.56 Å². The topological polar surface area (TPSA) is 70.7 Å². The standard InChI is InChI=1S/C14H11F5N4O/c15-13(16)6-12(7-13,8-4-2-1-3-5-8)10(24)21-11-20-9(22-23-11)14(17,18)19/h1-5H,6-7H2,(H2,20,21,22,23,24). The molecule has 0 atom stereocenters. The number of alkyl halides is 5. The fourth-order valence-corrected chi connectivity index (χ4v) is 2.75. The molecule has 5 nitrogen and oxygen atoms in total. The maximum Gasteiger partial charge on any atom is 0.451 e. The summed E-state index contributed by atoms with van der Waals surface area (Å²) in [6.45, 7) is 0. The number of anilines is 1. The Kier molecular flexibility index (Phi) is 3.57. The van der Waals surface area contributed by atoms with E-state index in [-0.39, 0.29) is 0 Å². The van der Waals surface area contributed by atoms with Crippen LogP contribution in [0.5, 0.6) is 0 Å². The van der Waals surface area contributed by atoms with Crippen LogP contribution in [0.2, 0.25) is 0 Å². The summed E-state index contributed by atoms with van der Waals surface area (Å²) in [6, 6.07) is 7.89. The Bertz CT molecular complexity index is 748. The second-order valence-corrected chi connectivity index (χ2v) is 5.62. The van der Waals surface area contributed by atoms with Crippen LogP contribution in [0.3, 0.4) is 0 Å². The van der Waals surface area contributed by atoms with Crippen LogP contribution in [0.15, 0.2) is 30.3 Å². The molecule has 0 aliphatic heterocycles. The van der Waals surface area contributed by atoms with Gasteiger partial charge in [-0.2, -0.15) is 18.2 Å². The zero-order chi connectivity index (χ0) is 17.6. The molecule has 1 heterocycles. The van der Waals surface area contributed by atoms with Crippen LogP contribution >= 0.6 is 0 Å². The molecule has 1 amide bonds. The summed E-state index contributed by atoms with van der Waals surface area (Å²) >= 11 is 0. The van der Waals surface area contributed by atoms with E-state index in [1.54, 1.807) is 23.3 Å². The molecule has 3 rings (SSSR count). The normalized spacial score (nSPS) is 18.7. The highest BCUT2D eigenvalue weighted by Gasteiger charge is 2.61. The van der Waals surface area contributed by atoms with Gasteiger partial charge in [0.05, 0.1) is 5.41 Å². The maximum atomic E-state index is 13.4. The van der Waals surface area contributed by atoms with Crippen LogP contribution < -0.4 is 5.32 Å². The Balaban J connectivity index is 1.85. The van der Waals surface area contributed by atoms with E-state index in [4.69, 9.17) is 0 Å². The number of hydrogen-bond donors (Lipinski definition) is 2. The van der Waals surface area contributed by atoms with Crippen LogP contribution in [-0.2, 0) is 16.4 Å². The van der Waals surface area contributed by atoms with Crippen LogP contribution in [0.4, 0.5) is 27.9 Å². The summed E-state index contributed by atoms with van der Waals surface area (Å²) in [5.41, 5.74) is -1.16. The van der Waals surface area contributed by atoms with Gasteiger partial charge in [-0.1, -0.05) is 30.3 Å². The van der Waals surface area contributed by atoms with Gasteiger partial charge in [-0.15, -0.1) is 5.10 Å². The molecule has 1 saturated carbocycles. The van der Waals surface area contributed by atoms with Gasteiger partial charge in [0.1, 0.15) is 0 Å². The van der Waals surface area contributed by atoms with Gasteiger partial charge in [-0.05, 0) is 5.56 Å². The third-order valence-corrected chi connectivity index (χ3v) is 3.86. The first-order chi connectivity index (χ1) is 11.1. The predicted molar refractivity (Wildman–Crippen MR) is 72.3 cm³/mol. The number of benzene rings is 1. The van der Waals surface area contributed by atoms with Crippen LogP contribution in [0.25, 0.3) is 0 Å². The fraction of sp³-hybridized carbons (Fsp3) is 0.357. The van der Waals surface area contributed by atoms with Crippen LogP contribution in [0.1, 0.15) is 24.2 Å². The van der Waals surface area contributed by atoms with E-state index in [2.05, 4.69) is 15.4 Å². The number of nitrogens with zero attached hydrogens (tertiary/aromatic N) is 2. The van der Waals surface area contributed by atoms with Gasteiger partial charge in [-0.3, -0.25) is 15.2 Å². The number of aromatic amines is 1. The second kappa shape index (κ2) is 5.25. The zero-order valence-corrected chi connectivity index (χ0v) is 12.0. The van der Waals surface area contributed by atoms with E-state index in [9.17, 15) is 26.7 Å². The highest BCUT2D eigenvalue weighted by molar-refractivity contribution is 5.99. The molecule has 10 heteroatoms. The van der Waals surface area contributed by atoms with E-state index in [1.165, 1.54) is 12.1 Å². The van der Waals surface area contributed by atoms with Crippen molar-refractivity contribution in [3.05, 3.63) is 41.7 Å². The van der Waals surface area contributed by atoms with Gasteiger partial charge in [0, 0.05) is 12.8 Å². The van der Waals surface area contributed by atoms with Gasteiger partial charge in [0.15, 0.2) is 0 Å². The minimum absolute atomic E-state index is 0.361. The molecular weight excluding hydrogens is 335 g/mol. The lowest BCUT2D eigenvalue weighted by atomic mass is 9.61. The smallest absolute Gasteiger partial charge is 0.292 e. The Hall–Kier alpha value is -2.52. The Labute approximate surface area is 132 Å². The lowest BCUT2D eigenvalue weighted by Crippen LogP contribution is -2.56. The molecule has 1 aliphatic carbocycles.